The van der Waals surface area contributed by atoms with Crippen LogP contribution < -0.4 is 0 Å². The Morgan fingerprint density at radius 3 is 2.43 bits per heavy atom. The van der Waals surface area contributed by atoms with Gasteiger partial charge in [-0.2, -0.15) is 4.79 Å². The fraction of sp³-hybridized carbons (Fsp3) is 0.818. The first-order valence-corrected chi connectivity index (χ1v) is 5.08. The van der Waals surface area contributed by atoms with Gasteiger partial charge in [0, 0.05) is 5.41 Å². The number of hydrogen-bond donors (Lipinski definition) is 0. The lowest BCUT2D eigenvalue weighted by Gasteiger charge is -2.37. The van der Waals surface area contributed by atoms with Crippen LogP contribution in [-0.4, -0.2) is 16.8 Å². The van der Waals surface area contributed by atoms with Gasteiger partial charge in [-0.25, -0.2) is 0 Å². The Morgan fingerprint density at radius 2 is 2.07 bits per heavy atom. The molecule has 14 heavy (non-hydrogen) atoms. The lowest BCUT2D eigenvalue weighted by Crippen LogP contribution is -2.40. The lowest BCUT2D eigenvalue weighted by molar-refractivity contribution is -0.129. The molecule has 78 valence electrons. The van der Waals surface area contributed by atoms with E-state index in [4.69, 9.17) is 5.53 Å². The van der Waals surface area contributed by atoms with E-state index in [1.807, 2.05) is 6.92 Å². The molecule has 0 saturated heterocycles. The number of carbonyl (C=O) groups is 1. The minimum atomic E-state index is -0.376. The third-order valence-corrected chi connectivity index (χ3v) is 4.45. The fourth-order valence-corrected chi connectivity index (χ4v) is 2.37. The second kappa shape index (κ2) is 3.32. The molecule has 3 nitrogen and oxygen atoms in total. The fourth-order valence-electron chi connectivity index (χ4n) is 2.37. The molecule has 1 aliphatic rings. The second-order valence-electron chi connectivity index (χ2n) is 5.10. The number of carbonyl (C=O) groups excluding carboxylic acids is 1. The van der Waals surface area contributed by atoms with Gasteiger partial charge in [-0.1, -0.05) is 27.7 Å². The highest BCUT2D eigenvalue weighted by molar-refractivity contribution is 6.28. The molecular formula is C11H18N2O. The molecule has 0 aromatic carbocycles. The summed E-state index contributed by atoms with van der Waals surface area (Å²) in [6, 6.07) is 0. The van der Waals surface area contributed by atoms with E-state index in [0.717, 1.165) is 19.1 Å². The van der Waals surface area contributed by atoms with E-state index in [0.29, 0.717) is 5.92 Å². The summed E-state index contributed by atoms with van der Waals surface area (Å²) in [4.78, 5) is 14.7. The monoisotopic (exact) mass is 194 g/mol. The Bertz CT molecular complexity index is 302. The minimum absolute atomic E-state index is 0.0225. The molecule has 0 radical (unpaired) electrons. The number of ketones is 1. The van der Waals surface area contributed by atoms with Gasteiger partial charge in [0.05, 0.1) is 0 Å². The van der Waals surface area contributed by atoms with Crippen LogP contribution >= 0.6 is 0 Å². The van der Waals surface area contributed by atoms with E-state index in [9.17, 15) is 4.79 Å². The minimum Gasteiger partial charge on any atom is -0.361 e. The molecule has 1 saturated carbocycles. The zero-order chi connectivity index (χ0) is 11.0. The van der Waals surface area contributed by atoms with Crippen LogP contribution in [0, 0.1) is 16.7 Å². The zero-order valence-corrected chi connectivity index (χ0v) is 9.37. The third-order valence-electron chi connectivity index (χ3n) is 4.45. The van der Waals surface area contributed by atoms with Crippen molar-refractivity contribution in [2.24, 2.45) is 16.7 Å². The van der Waals surface area contributed by atoms with Crippen molar-refractivity contribution in [3.63, 3.8) is 0 Å². The number of nitrogens with zero attached hydrogens (tertiary/aromatic N) is 2. The van der Waals surface area contributed by atoms with Crippen LogP contribution in [0.2, 0.25) is 0 Å². The van der Waals surface area contributed by atoms with Crippen LogP contribution in [0.5, 0.6) is 0 Å². The first-order chi connectivity index (χ1) is 6.36. The highest BCUT2D eigenvalue weighted by Gasteiger charge is 2.54. The molecule has 0 bridgehead atoms. The van der Waals surface area contributed by atoms with E-state index in [1.54, 1.807) is 0 Å². The molecule has 0 aliphatic heterocycles. The van der Waals surface area contributed by atoms with Crippen molar-refractivity contribution in [3.8, 4) is 0 Å². The van der Waals surface area contributed by atoms with Gasteiger partial charge in [-0.05, 0) is 24.2 Å². The first kappa shape index (κ1) is 11.1. The normalized spacial score (nSPS) is 35.0. The summed E-state index contributed by atoms with van der Waals surface area (Å²) in [6.07, 6.45) is 2.99. The summed E-state index contributed by atoms with van der Waals surface area (Å²) in [7, 11) is 0. The molecular weight excluding hydrogens is 176 g/mol. The van der Waals surface area contributed by atoms with Gasteiger partial charge in [0.25, 0.3) is 0 Å². The predicted molar refractivity (Wildman–Crippen MR) is 55.0 cm³/mol. The van der Waals surface area contributed by atoms with Crippen molar-refractivity contribution in [3.05, 3.63) is 5.53 Å². The molecule has 0 amide bonds. The van der Waals surface area contributed by atoms with E-state index >= 15 is 0 Å². The average Bonchev–Trinajstić information content (AvgIpc) is 2.31. The quantitative estimate of drug-likeness (QED) is 0.378. The molecule has 0 unspecified atom stereocenters. The largest absolute Gasteiger partial charge is 0.361 e. The Hall–Kier alpha value is -0.950. The van der Waals surface area contributed by atoms with Crippen molar-refractivity contribution >= 4 is 12.0 Å². The summed E-state index contributed by atoms with van der Waals surface area (Å²) < 4.78 is 0. The molecule has 1 fully saturated rings. The van der Waals surface area contributed by atoms with Gasteiger partial charge in [0.1, 0.15) is 0 Å². The third kappa shape index (κ3) is 1.32. The molecule has 3 heteroatoms. The SMILES string of the molecule is C[C@H]1CC[C@@](C)(C(=O)C=[N+]=[N-])C1(C)C. The Kier molecular flexibility index (Phi) is 2.64. The van der Waals surface area contributed by atoms with Gasteiger partial charge >= 0.3 is 6.21 Å². The maximum absolute atomic E-state index is 11.8. The summed E-state index contributed by atoms with van der Waals surface area (Å²) in [6.45, 7) is 8.39. The van der Waals surface area contributed by atoms with E-state index in [1.165, 1.54) is 0 Å². The summed E-state index contributed by atoms with van der Waals surface area (Å²) >= 11 is 0. The van der Waals surface area contributed by atoms with Gasteiger partial charge in [-0.15, -0.1) is 0 Å². The smallest absolute Gasteiger partial charge is 0.323 e. The lowest BCUT2D eigenvalue weighted by atomic mass is 9.64. The Morgan fingerprint density at radius 1 is 1.50 bits per heavy atom. The molecule has 0 spiro atoms. The van der Waals surface area contributed by atoms with E-state index in [2.05, 4.69) is 25.6 Å². The van der Waals surface area contributed by atoms with Crippen molar-refractivity contribution in [2.75, 3.05) is 0 Å². The molecule has 0 aromatic heterocycles. The van der Waals surface area contributed by atoms with Crippen LogP contribution in [0.3, 0.4) is 0 Å². The maximum atomic E-state index is 11.8. The topological polar surface area (TPSA) is 53.5 Å². The highest BCUT2D eigenvalue weighted by Crippen LogP contribution is 2.55. The molecule has 1 aliphatic carbocycles. The summed E-state index contributed by atoms with van der Waals surface area (Å²) in [5.74, 6) is 0.470. The van der Waals surface area contributed by atoms with E-state index in [-0.39, 0.29) is 16.6 Å². The van der Waals surface area contributed by atoms with Crippen LogP contribution in [0.25, 0.3) is 5.53 Å². The van der Waals surface area contributed by atoms with Crippen molar-refractivity contribution in [1.29, 1.82) is 0 Å². The van der Waals surface area contributed by atoms with Crippen LogP contribution in [-0.2, 0) is 4.79 Å². The number of rotatable bonds is 2. The zero-order valence-electron chi connectivity index (χ0n) is 9.37. The van der Waals surface area contributed by atoms with Gasteiger partial charge < -0.3 is 5.53 Å². The summed E-state index contributed by atoms with van der Waals surface area (Å²) in [5.41, 5.74) is 8.00. The number of Topliss-reactive ketones (excluding diaryl/α,β-unsaturated/α-hetero) is 1. The number of hydrogen-bond acceptors (Lipinski definition) is 1. The van der Waals surface area contributed by atoms with Gasteiger partial charge in [0.15, 0.2) is 0 Å². The molecule has 0 N–H and O–H groups in total. The Balaban J connectivity index is 3.07. The van der Waals surface area contributed by atoms with Crippen molar-refractivity contribution in [1.82, 2.24) is 0 Å². The predicted octanol–water partition coefficient (Wildman–Crippen LogP) is 2.32. The Labute approximate surface area is 85.1 Å². The molecule has 1 rings (SSSR count). The second-order valence-corrected chi connectivity index (χ2v) is 5.10. The first-order valence-electron chi connectivity index (χ1n) is 5.08. The average molecular weight is 194 g/mol. The maximum Gasteiger partial charge on any atom is 0.323 e. The van der Waals surface area contributed by atoms with Crippen LogP contribution in [0.15, 0.2) is 0 Å². The van der Waals surface area contributed by atoms with Gasteiger partial charge in [0.2, 0.25) is 5.78 Å². The van der Waals surface area contributed by atoms with Gasteiger partial charge in [-0.3, -0.25) is 4.79 Å². The standard InChI is InChI=1S/C11H18N2O/c1-8-5-6-11(4,10(8,2)3)9(14)7-13-12/h7-8H,5-6H2,1-4H3/t8-,11-/m0/s1. The molecule has 2 atom stereocenters. The van der Waals surface area contributed by atoms with Crippen LogP contribution in [0.1, 0.15) is 40.5 Å². The van der Waals surface area contributed by atoms with Crippen molar-refractivity contribution < 1.29 is 9.58 Å². The van der Waals surface area contributed by atoms with E-state index < -0.39 is 0 Å². The van der Waals surface area contributed by atoms with Crippen LogP contribution in [0.4, 0.5) is 0 Å². The molecule has 0 heterocycles. The highest BCUT2D eigenvalue weighted by atomic mass is 16.1. The molecule has 0 aromatic rings. The summed E-state index contributed by atoms with van der Waals surface area (Å²) in [5, 5.41) is 0. The van der Waals surface area contributed by atoms with Crippen molar-refractivity contribution in [2.45, 2.75) is 40.5 Å².